The summed E-state index contributed by atoms with van der Waals surface area (Å²) in [7, 11) is 0. The third kappa shape index (κ3) is 4.12. The van der Waals surface area contributed by atoms with E-state index in [2.05, 4.69) is 15.3 Å². The number of nitrogens with one attached hydrogen (secondary N) is 1. The highest BCUT2D eigenvalue weighted by Gasteiger charge is 2.16. The van der Waals surface area contributed by atoms with Crippen molar-refractivity contribution in [2.24, 2.45) is 0 Å². The van der Waals surface area contributed by atoms with Crippen molar-refractivity contribution >= 4 is 45.3 Å². The van der Waals surface area contributed by atoms with Crippen molar-refractivity contribution in [3.05, 3.63) is 58.7 Å². The lowest BCUT2D eigenvalue weighted by Gasteiger charge is -1.99. The van der Waals surface area contributed by atoms with Gasteiger partial charge in [0.05, 0.1) is 23.5 Å². The Bertz CT molecular complexity index is 995. The number of ether oxygens (including phenoxy) is 1. The number of thiazole rings is 1. The number of rotatable bonds is 5. The number of nitrogens with zero attached hydrogens (tertiary/aromatic N) is 2. The van der Waals surface area contributed by atoms with Gasteiger partial charge in [-0.25, -0.2) is 14.8 Å². The number of esters is 1. The lowest BCUT2D eigenvalue weighted by Crippen LogP contribution is -2.07. The maximum atomic E-state index is 12.1. The fourth-order valence-corrected chi connectivity index (χ4v) is 3.18. The number of pyridine rings is 1. The zero-order valence-electron chi connectivity index (χ0n) is 14.4. The molecule has 132 valence electrons. The van der Waals surface area contributed by atoms with Gasteiger partial charge in [0.15, 0.2) is 5.13 Å². The summed E-state index contributed by atoms with van der Waals surface area (Å²) in [5, 5.41) is 4.05. The van der Waals surface area contributed by atoms with Gasteiger partial charge in [0.2, 0.25) is 5.91 Å². The third-order valence-corrected chi connectivity index (χ3v) is 4.57. The molecule has 3 aromatic rings. The molecular formula is C19H17N3O3S. The molecule has 7 heteroatoms. The van der Waals surface area contributed by atoms with Crippen molar-refractivity contribution < 1.29 is 14.3 Å². The molecule has 26 heavy (non-hydrogen) atoms. The Labute approximate surface area is 154 Å². The highest BCUT2D eigenvalue weighted by Crippen LogP contribution is 2.23. The van der Waals surface area contributed by atoms with Crippen molar-refractivity contribution in [2.75, 3.05) is 11.9 Å². The lowest BCUT2D eigenvalue weighted by atomic mass is 10.2. The van der Waals surface area contributed by atoms with Crippen molar-refractivity contribution in [1.82, 2.24) is 9.97 Å². The van der Waals surface area contributed by atoms with Gasteiger partial charge >= 0.3 is 5.97 Å². The van der Waals surface area contributed by atoms with Crippen molar-refractivity contribution in [1.29, 1.82) is 0 Å². The Morgan fingerprint density at radius 2 is 2.00 bits per heavy atom. The second-order valence-corrected chi connectivity index (χ2v) is 6.40. The van der Waals surface area contributed by atoms with Crippen LogP contribution >= 0.6 is 11.3 Å². The minimum Gasteiger partial charge on any atom is -0.462 e. The summed E-state index contributed by atoms with van der Waals surface area (Å²) in [6, 6.07) is 11.6. The molecule has 0 atom stereocenters. The van der Waals surface area contributed by atoms with Crippen LogP contribution < -0.4 is 5.32 Å². The van der Waals surface area contributed by atoms with E-state index in [1.54, 1.807) is 19.9 Å². The van der Waals surface area contributed by atoms with Gasteiger partial charge < -0.3 is 4.74 Å². The van der Waals surface area contributed by atoms with Crippen LogP contribution in [0.1, 0.15) is 28.0 Å². The van der Waals surface area contributed by atoms with Crippen molar-refractivity contribution in [3.8, 4) is 0 Å². The lowest BCUT2D eigenvalue weighted by molar-refractivity contribution is -0.111. The van der Waals surface area contributed by atoms with Crippen LogP contribution in [0.4, 0.5) is 5.13 Å². The first kappa shape index (κ1) is 17.8. The fourth-order valence-electron chi connectivity index (χ4n) is 2.32. The Balaban J connectivity index is 1.69. The summed E-state index contributed by atoms with van der Waals surface area (Å²) < 4.78 is 4.96. The first-order valence-corrected chi connectivity index (χ1v) is 8.88. The maximum Gasteiger partial charge on any atom is 0.350 e. The molecule has 0 aliphatic carbocycles. The van der Waals surface area contributed by atoms with E-state index in [4.69, 9.17) is 4.74 Å². The van der Waals surface area contributed by atoms with E-state index < -0.39 is 5.97 Å². The molecule has 2 heterocycles. The van der Waals surface area contributed by atoms with Crippen molar-refractivity contribution in [3.63, 3.8) is 0 Å². The molecule has 2 aromatic heterocycles. The van der Waals surface area contributed by atoms with E-state index in [0.29, 0.717) is 28.0 Å². The number of benzene rings is 1. The molecule has 0 bridgehead atoms. The molecule has 0 fully saturated rings. The number of carbonyl (C=O) groups is 2. The Morgan fingerprint density at radius 1 is 1.19 bits per heavy atom. The summed E-state index contributed by atoms with van der Waals surface area (Å²) in [6.45, 7) is 3.73. The minimum absolute atomic E-state index is 0.291. The fraction of sp³-hybridized carbons (Fsp3) is 0.158. The first-order chi connectivity index (χ1) is 12.6. The molecular weight excluding hydrogens is 350 g/mol. The highest BCUT2D eigenvalue weighted by atomic mass is 32.1. The van der Waals surface area contributed by atoms with E-state index in [1.807, 2.05) is 36.4 Å². The number of aryl methyl sites for hydroxylation is 1. The molecule has 3 rings (SSSR count). The Morgan fingerprint density at radius 3 is 2.81 bits per heavy atom. The van der Waals surface area contributed by atoms with E-state index in [-0.39, 0.29) is 5.91 Å². The topological polar surface area (TPSA) is 81.2 Å². The molecule has 6 nitrogen and oxygen atoms in total. The summed E-state index contributed by atoms with van der Waals surface area (Å²) in [4.78, 5) is 32.9. The van der Waals surface area contributed by atoms with Crippen LogP contribution in [0, 0.1) is 6.92 Å². The number of para-hydroxylation sites is 1. The normalized spacial score (nSPS) is 11.0. The number of anilines is 1. The zero-order valence-corrected chi connectivity index (χ0v) is 15.2. The van der Waals surface area contributed by atoms with Gasteiger partial charge in [0.1, 0.15) is 4.88 Å². The molecule has 0 unspecified atom stereocenters. The largest absolute Gasteiger partial charge is 0.462 e. The van der Waals surface area contributed by atoms with Gasteiger partial charge in [-0.05, 0) is 32.1 Å². The van der Waals surface area contributed by atoms with Crippen LogP contribution in [0.2, 0.25) is 0 Å². The average molecular weight is 367 g/mol. The van der Waals surface area contributed by atoms with Crippen LogP contribution in [0.5, 0.6) is 0 Å². The number of amides is 1. The smallest absolute Gasteiger partial charge is 0.350 e. The minimum atomic E-state index is -0.432. The highest BCUT2D eigenvalue weighted by molar-refractivity contribution is 7.17. The first-order valence-electron chi connectivity index (χ1n) is 8.06. The second-order valence-electron chi connectivity index (χ2n) is 5.41. The quantitative estimate of drug-likeness (QED) is 0.547. The number of hydrogen-bond donors (Lipinski definition) is 1. The van der Waals surface area contributed by atoms with Gasteiger partial charge in [0, 0.05) is 11.5 Å². The average Bonchev–Trinajstić information content (AvgIpc) is 3.00. The predicted octanol–water partition coefficient (Wildman–Crippen LogP) is 3.83. The Kier molecular flexibility index (Phi) is 5.38. The van der Waals surface area contributed by atoms with Crippen LogP contribution in [0.25, 0.3) is 17.0 Å². The van der Waals surface area contributed by atoms with Gasteiger partial charge in [-0.3, -0.25) is 10.1 Å². The monoisotopic (exact) mass is 367 g/mol. The third-order valence-electron chi connectivity index (χ3n) is 3.51. The van der Waals surface area contributed by atoms with E-state index in [9.17, 15) is 9.59 Å². The molecule has 1 amide bonds. The molecule has 1 aromatic carbocycles. The summed E-state index contributed by atoms with van der Waals surface area (Å²) in [6.07, 6.45) is 3.02. The molecule has 0 aliphatic heterocycles. The SMILES string of the molecule is CCOC(=O)c1sc(NC(=O)/C=C/c2ccc3ccccc3n2)nc1C. The van der Waals surface area contributed by atoms with Crippen molar-refractivity contribution in [2.45, 2.75) is 13.8 Å². The molecule has 0 spiro atoms. The molecule has 0 aliphatic rings. The number of aromatic nitrogens is 2. The molecule has 0 saturated carbocycles. The standard InChI is InChI=1S/C19H17N3O3S/c1-3-25-18(24)17-12(2)20-19(26-17)22-16(23)11-10-14-9-8-13-6-4-5-7-15(13)21-14/h4-11H,3H2,1-2H3,(H,20,22,23)/b11-10+. The summed E-state index contributed by atoms with van der Waals surface area (Å²) in [5.41, 5.74) is 2.08. The summed E-state index contributed by atoms with van der Waals surface area (Å²) in [5.74, 6) is -0.775. The maximum absolute atomic E-state index is 12.1. The summed E-state index contributed by atoms with van der Waals surface area (Å²) >= 11 is 1.09. The van der Waals surface area contributed by atoms with Gasteiger partial charge in [-0.15, -0.1) is 0 Å². The second kappa shape index (κ2) is 7.88. The molecule has 0 radical (unpaired) electrons. The van der Waals surface area contributed by atoms with E-state index in [1.165, 1.54) is 6.08 Å². The van der Waals surface area contributed by atoms with Crippen LogP contribution in [-0.4, -0.2) is 28.5 Å². The van der Waals surface area contributed by atoms with Crippen LogP contribution in [0.3, 0.4) is 0 Å². The van der Waals surface area contributed by atoms with Gasteiger partial charge in [0.25, 0.3) is 0 Å². The van der Waals surface area contributed by atoms with Crippen LogP contribution in [-0.2, 0) is 9.53 Å². The van der Waals surface area contributed by atoms with Gasteiger partial charge in [-0.1, -0.05) is 35.6 Å². The van der Waals surface area contributed by atoms with E-state index >= 15 is 0 Å². The Hall–Kier alpha value is -3.06. The van der Waals surface area contributed by atoms with Crippen LogP contribution in [0.15, 0.2) is 42.5 Å². The number of hydrogen-bond acceptors (Lipinski definition) is 6. The number of fused-ring (bicyclic) bond motifs is 1. The molecule has 0 saturated heterocycles. The zero-order chi connectivity index (χ0) is 18.5. The van der Waals surface area contributed by atoms with Gasteiger partial charge in [-0.2, -0.15) is 0 Å². The predicted molar refractivity (Wildman–Crippen MR) is 102 cm³/mol. The molecule has 1 N–H and O–H groups in total. The van der Waals surface area contributed by atoms with E-state index in [0.717, 1.165) is 22.2 Å². The number of carbonyl (C=O) groups excluding carboxylic acids is 2.